The molecule has 148 valence electrons. The number of hydrogen-bond donors (Lipinski definition) is 1. The van der Waals surface area contributed by atoms with Crippen molar-refractivity contribution in [2.24, 2.45) is 0 Å². The minimum absolute atomic E-state index is 0.0171. The first-order valence-corrected chi connectivity index (χ1v) is 9.83. The smallest absolute Gasteiger partial charge is 0.242 e. The van der Waals surface area contributed by atoms with E-state index in [0.717, 1.165) is 24.2 Å². The molecule has 5 heteroatoms. The molecule has 1 heterocycles. The highest BCUT2D eigenvalue weighted by Gasteiger charge is 2.35. The second kappa shape index (κ2) is 9.02. The van der Waals surface area contributed by atoms with Crippen LogP contribution in [0.25, 0.3) is 0 Å². The van der Waals surface area contributed by atoms with E-state index in [9.17, 15) is 9.59 Å². The fraction of sp³-hybridized carbons (Fsp3) is 0.391. The third-order valence-electron chi connectivity index (χ3n) is 5.57. The lowest BCUT2D eigenvalue weighted by atomic mass is 9.76. The van der Waals surface area contributed by atoms with Crippen molar-refractivity contribution >= 4 is 11.8 Å². The van der Waals surface area contributed by atoms with E-state index in [2.05, 4.69) is 17.3 Å². The second-order valence-electron chi connectivity index (χ2n) is 7.73. The Morgan fingerprint density at radius 1 is 0.929 bits per heavy atom. The van der Waals surface area contributed by atoms with Crippen LogP contribution in [0.4, 0.5) is 0 Å². The lowest BCUT2D eigenvalue weighted by Gasteiger charge is -2.33. The van der Waals surface area contributed by atoms with Gasteiger partial charge in [0.1, 0.15) is 0 Å². The Kier molecular flexibility index (Phi) is 6.47. The zero-order chi connectivity index (χ0) is 20.0. The minimum Gasteiger partial charge on any atom is -0.346 e. The lowest BCUT2D eigenvalue weighted by Crippen LogP contribution is -2.52. The molecule has 1 aliphatic heterocycles. The largest absolute Gasteiger partial charge is 0.346 e. The van der Waals surface area contributed by atoms with Gasteiger partial charge in [-0.3, -0.25) is 9.59 Å². The van der Waals surface area contributed by atoms with Crippen molar-refractivity contribution in [3.63, 3.8) is 0 Å². The summed E-state index contributed by atoms with van der Waals surface area (Å²) < 4.78 is 0. The molecule has 0 saturated carbocycles. The molecule has 1 unspecified atom stereocenters. The predicted molar refractivity (Wildman–Crippen MR) is 111 cm³/mol. The van der Waals surface area contributed by atoms with Gasteiger partial charge in [0.05, 0.1) is 12.0 Å². The first kappa shape index (κ1) is 20.1. The quantitative estimate of drug-likeness (QED) is 0.836. The highest BCUT2D eigenvalue weighted by atomic mass is 16.2. The van der Waals surface area contributed by atoms with Gasteiger partial charge in [-0.25, -0.2) is 0 Å². The van der Waals surface area contributed by atoms with Crippen LogP contribution in [0.15, 0.2) is 60.7 Å². The summed E-state index contributed by atoms with van der Waals surface area (Å²) in [6.07, 6.45) is 0.576. The number of benzene rings is 2. The van der Waals surface area contributed by atoms with Gasteiger partial charge in [-0.05, 0) is 31.5 Å². The zero-order valence-corrected chi connectivity index (χ0v) is 16.7. The zero-order valence-electron chi connectivity index (χ0n) is 16.7. The summed E-state index contributed by atoms with van der Waals surface area (Å²) in [6.45, 7) is 5.16. The Hall–Kier alpha value is -2.66. The number of nitrogens with zero attached hydrogens (tertiary/aromatic N) is 2. The van der Waals surface area contributed by atoms with E-state index in [1.807, 2.05) is 72.5 Å². The molecule has 0 bridgehead atoms. The second-order valence-corrected chi connectivity index (χ2v) is 7.73. The van der Waals surface area contributed by atoms with Crippen molar-refractivity contribution in [3.8, 4) is 0 Å². The summed E-state index contributed by atoms with van der Waals surface area (Å²) in [5.74, 6) is -0.137. The van der Waals surface area contributed by atoms with Crippen LogP contribution in [0.5, 0.6) is 0 Å². The Balaban J connectivity index is 1.71. The minimum atomic E-state index is -0.745. The van der Waals surface area contributed by atoms with E-state index >= 15 is 0 Å². The molecule has 1 saturated heterocycles. The van der Waals surface area contributed by atoms with Crippen LogP contribution in [-0.2, 0) is 21.4 Å². The number of hydrogen-bond acceptors (Lipinski definition) is 3. The standard InChI is InChI=1S/C23H29N3O2/c1-23(20-11-7-4-8-12-20,17-19-9-5-3-6-10-19)22(28)24-18-21(27)26-15-13-25(2)14-16-26/h3-12H,13-18H2,1-2H3,(H,24,28). The van der Waals surface area contributed by atoms with Gasteiger partial charge in [0.2, 0.25) is 11.8 Å². The van der Waals surface area contributed by atoms with Gasteiger partial charge < -0.3 is 15.1 Å². The van der Waals surface area contributed by atoms with Crippen LogP contribution in [-0.4, -0.2) is 61.4 Å². The maximum Gasteiger partial charge on any atom is 0.242 e. The molecule has 2 aromatic carbocycles. The van der Waals surface area contributed by atoms with E-state index in [4.69, 9.17) is 0 Å². The molecule has 3 rings (SSSR count). The van der Waals surface area contributed by atoms with E-state index < -0.39 is 5.41 Å². The van der Waals surface area contributed by atoms with Crippen molar-refractivity contribution in [1.82, 2.24) is 15.1 Å². The number of carbonyl (C=O) groups is 2. The molecule has 2 aromatic rings. The van der Waals surface area contributed by atoms with Crippen LogP contribution in [0.1, 0.15) is 18.1 Å². The Bertz CT molecular complexity index is 786. The fourth-order valence-electron chi connectivity index (χ4n) is 3.64. The van der Waals surface area contributed by atoms with Crippen LogP contribution >= 0.6 is 0 Å². The predicted octanol–water partition coefficient (Wildman–Crippen LogP) is 2.08. The summed E-state index contributed by atoms with van der Waals surface area (Å²) in [5, 5.41) is 2.91. The molecular formula is C23H29N3O2. The fourth-order valence-corrected chi connectivity index (χ4v) is 3.64. The lowest BCUT2D eigenvalue weighted by molar-refractivity contribution is -0.135. The van der Waals surface area contributed by atoms with E-state index in [1.54, 1.807) is 0 Å². The normalized spacial score (nSPS) is 17.0. The third-order valence-corrected chi connectivity index (χ3v) is 5.57. The highest BCUT2D eigenvalue weighted by molar-refractivity contribution is 5.91. The Labute approximate surface area is 167 Å². The first-order valence-electron chi connectivity index (χ1n) is 9.83. The van der Waals surface area contributed by atoms with Gasteiger partial charge in [-0.1, -0.05) is 60.7 Å². The molecule has 1 aliphatic rings. The Morgan fingerprint density at radius 2 is 1.50 bits per heavy atom. The topological polar surface area (TPSA) is 52.6 Å². The average molecular weight is 380 g/mol. The third kappa shape index (κ3) is 4.78. The summed E-state index contributed by atoms with van der Waals surface area (Å²) in [5.41, 5.74) is 1.29. The summed E-state index contributed by atoms with van der Waals surface area (Å²) in [4.78, 5) is 29.8. The molecule has 0 spiro atoms. The maximum atomic E-state index is 13.2. The molecule has 28 heavy (non-hydrogen) atoms. The van der Waals surface area contributed by atoms with Gasteiger partial charge in [-0.15, -0.1) is 0 Å². The molecule has 1 atom stereocenters. The molecule has 2 amide bonds. The van der Waals surface area contributed by atoms with Gasteiger partial charge in [-0.2, -0.15) is 0 Å². The number of rotatable bonds is 6. The number of likely N-dealkylation sites (N-methyl/N-ethyl adjacent to an activating group) is 1. The summed E-state index contributed by atoms with van der Waals surface area (Å²) in [7, 11) is 2.05. The number of amides is 2. The molecule has 0 radical (unpaired) electrons. The van der Waals surface area contributed by atoms with Crippen molar-refractivity contribution in [2.75, 3.05) is 39.8 Å². The first-order chi connectivity index (χ1) is 13.5. The van der Waals surface area contributed by atoms with Gasteiger partial charge in [0, 0.05) is 26.2 Å². The molecule has 0 aromatic heterocycles. The molecule has 0 aliphatic carbocycles. The van der Waals surface area contributed by atoms with Crippen molar-refractivity contribution in [1.29, 1.82) is 0 Å². The number of piperazine rings is 1. The van der Waals surface area contributed by atoms with Crippen LogP contribution in [0.2, 0.25) is 0 Å². The van der Waals surface area contributed by atoms with Gasteiger partial charge in [0.15, 0.2) is 0 Å². The van der Waals surface area contributed by atoms with E-state index in [-0.39, 0.29) is 18.4 Å². The maximum absolute atomic E-state index is 13.2. The SMILES string of the molecule is CN1CCN(C(=O)CNC(=O)C(C)(Cc2ccccc2)c2ccccc2)CC1. The van der Waals surface area contributed by atoms with Crippen LogP contribution < -0.4 is 5.32 Å². The monoisotopic (exact) mass is 379 g/mol. The summed E-state index contributed by atoms with van der Waals surface area (Å²) >= 11 is 0. The van der Waals surface area contributed by atoms with Crippen molar-refractivity contribution in [3.05, 3.63) is 71.8 Å². The van der Waals surface area contributed by atoms with Gasteiger partial charge >= 0.3 is 0 Å². The molecule has 1 fully saturated rings. The molecule has 5 nitrogen and oxygen atoms in total. The average Bonchev–Trinajstić information content (AvgIpc) is 2.73. The van der Waals surface area contributed by atoms with Crippen molar-refractivity contribution < 1.29 is 9.59 Å². The highest BCUT2D eigenvalue weighted by Crippen LogP contribution is 2.28. The molecule has 1 N–H and O–H groups in total. The molecular weight excluding hydrogens is 350 g/mol. The number of nitrogens with one attached hydrogen (secondary N) is 1. The van der Waals surface area contributed by atoms with E-state index in [0.29, 0.717) is 19.5 Å². The van der Waals surface area contributed by atoms with Crippen molar-refractivity contribution in [2.45, 2.75) is 18.8 Å². The number of carbonyl (C=O) groups excluding carboxylic acids is 2. The van der Waals surface area contributed by atoms with Crippen LogP contribution in [0.3, 0.4) is 0 Å². The van der Waals surface area contributed by atoms with Gasteiger partial charge in [0.25, 0.3) is 0 Å². The van der Waals surface area contributed by atoms with E-state index in [1.165, 1.54) is 0 Å². The summed E-state index contributed by atoms with van der Waals surface area (Å²) in [6, 6.07) is 19.8. The van der Waals surface area contributed by atoms with Crippen LogP contribution in [0, 0.1) is 0 Å². The Morgan fingerprint density at radius 3 is 2.11 bits per heavy atom.